The molecule has 2 aromatic rings. The molecule has 36 heavy (non-hydrogen) atoms. The first-order valence-corrected chi connectivity index (χ1v) is 14.8. The number of para-hydroxylation sites is 2. The average Bonchev–Trinajstić information content (AvgIpc) is 2.89. The predicted octanol–water partition coefficient (Wildman–Crippen LogP) is 8.85. The van der Waals surface area contributed by atoms with Crippen molar-refractivity contribution >= 4 is 7.82 Å². The van der Waals surface area contributed by atoms with Crippen LogP contribution in [0.2, 0.25) is 0 Å². The van der Waals surface area contributed by atoms with Crippen molar-refractivity contribution in [1.29, 1.82) is 0 Å². The van der Waals surface area contributed by atoms with Crippen LogP contribution in [0.5, 0.6) is 11.5 Å². The first-order chi connectivity index (χ1) is 17.7. The molecule has 0 N–H and O–H groups in total. The highest BCUT2D eigenvalue weighted by Crippen LogP contribution is 2.49. The van der Waals surface area contributed by atoms with E-state index in [2.05, 4.69) is 6.92 Å². The summed E-state index contributed by atoms with van der Waals surface area (Å²) in [5.41, 5.74) is 0. The summed E-state index contributed by atoms with van der Waals surface area (Å²) in [6.07, 6.45) is 13.2. The Morgan fingerprint density at radius 1 is 0.556 bits per heavy atom. The van der Waals surface area contributed by atoms with Gasteiger partial charge in [-0.05, 0) is 43.5 Å². The van der Waals surface area contributed by atoms with Crippen molar-refractivity contribution < 1.29 is 32.9 Å². The third kappa shape index (κ3) is 15.3. The molecular weight excluding hydrogens is 479 g/mol. The molecule has 0 bridgehead atoms. The van der Waals surface area contributed by atoms with Gasteiger partial charge in [-0.15, -0.1) is 0 Å². The molecule has 0 saturated carbocycles. The standard InChI is InChI=1S/C28H43O7P/c1-2-3-4-5-8-17-24-30-35-31-25-18-9-6-7-10-19-26-32-36(29,33-27-20-13-11-14-21-27)34-28-22-15-12-16-23-28/h11-16,20-23H,2-10,17-19,24-26H2,1H3. The van der Waals surface area contributed by atoms with Gasteiger partial charge in [0.15, 0.2) is 0 Å². The Kier molecular flexibility index (Phi) is 17.0. The molecule has 0 radical (unpaired) electrons. The van der Waals surface area contributed by atoms with Gasteiger partial charge in [0, 0.05) is 0 Å². The molecule has 0 amide bonds. The number of phosphoric ester groups is 1. The van der Waals surface area contributed by atoms with Crippen LogP contribution in [-0.4, -0.2) is 19.8 Å². The molecule has 202 valence electrons. The smallest absolute Gasteiger partial charge is 0.395 e. The normalized spacial score (nSPS) is 11.5. The fourth-order valence-corrected chi connectivity index (χ4v) is 4.74. The summed E-state index contributed by atoms with van der Waals surface area (Å²) < 4.78 is 30.1. The molecule has 0 spiro atoms. The number of unbranched alkanes of at least 4 members (excludes halogenated alkanes) is 10. The minimum atomic E-state index is -3.80. The fourth-order valence-electron chi connectivity index (χ4n) is 3.48. The maximum Gasteiger partial charge on any atom is 0.587 e. The molecule has 2 aromatic carbocycles. The van der Waals surface area contributed by atoms with Gasteiger partial charge < -0.3 is 9.05 Å². The maximum atomic E-state index is 13.2. The van der Waals surface area contributed by atoms with Gasteiger partial charge in [0.05, 0.1) is 19.8 Å². The molecule has 0 aliphatic rings. The first-order valence-electron chi connectivity index (χ1n) is 13.4. The van der Waals surface area contributed by atoms with Crippen LogP contribution < -0.4 is 9.05 Å². The lowest BCUT2D eigenvalue weighted by Gasteiger charge is -2.19. The summed E-state index contributed by atoms with van der Waals surface area (Å²) in [5, 5.41) is 4.77. The average molecular weight is 523 g/mol. The zero-order valence-corrected chi connectivity index (χ0v) is 22.6. The van der Waals surface area contributed by atoms with E-state index in [1.54, 1.807) is 24.3 Å². The Balaban J connectivity index is 1.48. The van der Waals surface area contributed by atoms with Crippen LogP contribution in [0.1, 0.15) is 84.0 Å². The molecule has 7 nitrogen and oxygen atoms in total. The monoisotopic (exact) mass is 522 g/mol. The summed E-state index contributed by atoms with van der Waals surface area (Å²) in [5.74, 6) is 0.881. The summed E-state index contributed by atoms with van der Waals surface area (Å²) in [6, 6.07) is 17.8. The molecule has 0 heterocycles. The van der Waals surface area contributed by atoms with Gasteiger partial charge in [-0.1, -0.05) is 106 Å². The van der Waals surface area contributed by atoms with Crippen molar-refractivity contribution in [1.82, 2.24) is 0 Å². The zero-order chi connectivity index (χ0) is 25.6. The second-order valence-electron chi connectivity index (χ2n) is 8.69. The number of hydrogen-bond donors (Lipinski definition) is 0. The van der Waals surface area contributed by atoms with Gasteiger partial charge in [0.1, 0.15) is 11.5 Å². The SMILES string of the molecule is CCCCCCCCOOOCCCCCCCCOP(=O)(Oc1ccccc1)Oc1ccccc1. The minimum absolute atomic E-state index is 0.295. The van der Waals surface area contributed by atoms with Crippen molar-refractivity contribution in [3.8, 4) is 11.5 Å². The topological polar surface area (TPSA) is 72.5 Å². The minimum Gasteiger partial charge on any atom is -0.395 e. The van der Waals surface area contributed by atoms with E-state index in [0.717, 1.165) is 44.9 Å². The van der Waals surface area contributed by atoms with Crippen LogP contribution in [0.25, 0.3) is 0 Å². The second kappa shape index (κ2) is 20.2. The molecule has 0 fully saturated rings. The van der Waals surface area contributed by atoms with Gasteiger partial charge in [-0.2, -0.15) is 0 Å². The Hall–Kier alpha value is -1.89. The Labute approximate surface area is 216 Å². The molecule has 0 aliphatic carbocycles. The number of phosphoric acid groups is 1. The quantitative estimate of drug-likeness (QED) is 0.0624. The van der Waals surface area contributed by atoms with Gasteiger partial charge in [-0.3, -0.25) is 4.52 Å². The van der Waals surface area contributed by atoms with Crippen molar-refractivity contribution in [3.05, 3.63) is 60.7 Å². The van der Waals surface area contributed by atoms with Gasteiger partial charge in [0.25, 0.3) is 0 Å². The molecule has 0 aliphatic heterocycles. The molecule has 0 aromatic heterocycles. The van der Waals surface area contributed by atoms with E-state index in [1.165, 1.54) is 32.1 Å². The Bertz CT molecular complexity index is 759. The van der Waals surface area contributed by atoms with Crippen LogP contribution >= 0.6 is 7.82 Å². The van der Waals surface area contributed by atoms with E-state index in [9.17, 15) is 4.57 Å². The summed E-state index contributed by atoms with van der Waals surface area (Å²) in [7, 11) is -3.80. The number of hydrogen-bond acceptors (Lipinski definition) is 7. The van der Waals surface area contributed by atoms with E-state index >= 15 is 0 Å². The van der Waals surface area contributed by atoms with Crippen molar-refractivity contribution in [2.45, 2.75) is 84.0 Å². The van der Waals surface area contributed by atoms with Crippen LogP contribution in [0.15, 0.2) is 60.7 Å². The Morgan fingerprint density at radius 2 is 0.972 bits per heavy atom. The molecule has 0 atom stereocenters. The van der Waals surface area contributed by atoms with Crippen molar-refractivity contribution in [3.63, 3.8) is 0 Å². The largest absolute Gasteiger partial charge is 0.587 e. The molecule has 8 heteroatoms. The zero-order valence-electron chi connectivity index (χ0n) is 21.7. The molecule has 0 unspecified atom stereocenters. The lowest BCUT2D eigenvalue weighted by molar-refractivity contribution is -0.512. The second-order valence-corrected chi connectivity index (χ2v) is 10.2. The maximum absolute atomic E-state index is 13.2. The highest BCUT2D eigenvalue weighted by atomic mass is 31.2. The van der Waals surface area contributed by atoms with E-state index in [1.807, 2.05) is 36.4 Å². The lowest BCUT2D eigenvalue weighted by atomic mass is 10.1. The number of rotatable bonds is 23. The van der Waals surface area contributed by atoms with Crippen LogP contribution in [0.4, 0.5) is 0 Å². The highest BCUT2D eigenvalue weighted by molar-refractivity contribution is 7.49. The van der Waals surface area contributed by atoms with Crippen LogP contribution in [-0.2, 0) is 23.9 Å². The van der Waals surface area contributed by atoms with E-state index in [-0.39, 0.29) is 0 Å². The van der Waals surface area contributed by atoms with Gasteiger partial charge in [-0.25, -0.2) is 14.3 Å². The van der Waals surface area contributed by atoms with E-state index in [0.29, 0.717) is 31.3 Å². The Morgan fingerprint density at radius 3 is 1.44 bits per heavy atom. The van der Waals surface area contributed by atoms with Gasteiger partial charge in [0.2, 0.25) is 0 Å². The fraction of sp³-hybridized carbons (Fsp3) is 0.571. The van der Waals surface area contributed by atoms with Crippen LogP contribution in [0.3, 0.4) is 0 Å². The molecular formula is C28H43O7P. The molecule has 0 saturated heterocycles. The third-order valence-corrected chi connectivity index (χ3v) is 6.84. The first kappa shape index (κ1) is 30.3. The van der Waals surface area contributed by atoms with E-state index in [4.69, 9.17) is 28.4 Å². The van der Waals surface area contributed by atoms with E-state index < -0.39 is 7.82 Å². The summed E-state index contributed by atoms with van der Waals surface area (Å²) in [6.45, 7) is 3.62. The molecule has 2 rings (SSSR count). The summed E-state index contributed by atoms with van der Waals surface area (Å²) >= 11 is 0. The number of benzene rings is 2. The van der Waals surface area contributed by atoms with Crippen molar-refractivity contribution in [2.75, 3.05) is 19.8 Å². The van der Waals surface area contributed by atoms with Gasteiger partial charge >= 0.3 is 7.82 Å². The lowest BCUT2D eigenvalue weighted by Crippen LogP contribution is -2.06. The third-order valence-electron chi connectivity index (χ3n) is 5.47. The predicted molar refractivity (Wildman–Crippen MR) is 142 cm³/mol. The van der Waals surface area contributed by atoms with Crippen molar-refractivity contribution in [2.24, 2.45) is 0 Å². The summed E-state index contributed by atoms with van der Waals surface area (Å²) in [4.78, 5) is 10.1. The highest BCUT2D eigenvalue weighted by Gasteiger charge is 2.30. The van der Waals surface area contributed by atoms with Crippen LogP contribution in [0, 0.1) is 0 Å².